The molecule has 0 atom stereocenters. The number of alkyl halides is 3. The number of amides is 1. The first-order chi connectivity index (χ1) is 11.3. The number of nitrogens with one attached hydrogen (secondary N) is 1. The molecule has 1 N–H and O–H groups in total. The van der Waals surface area contributed by atoms with E-state index in [1.165, 1.54) is 20.3 Å². The highest BCUT2D eigenvalue weighted by Gasteiger charge is 2.33. The van der Waals surface area contributed by atoms with E-state index >= 15 is 0 Å². The lowest BCUT2D eigenvalue weighted by molar-refractivity contribution is -0.137. The van der Waals surface area contributed by atoms with E-state index in [1.807, 2.05) is 0 Å². The second kappa shape index (κ2) is 7.00. The summed E-state index contributed by atoms with van der Waals surface area (Å²) in [4.78, 5) is 12.4. The molecule has 8 heteroatoms. The van der Waals surface area contributed by atoms with Crippen LogP contribution in [0.2, 0.25) is 5.02 Å². The molecule has 2 aromatic carbocycles. The highest BCUT2D eigenvalue weighted by atomic mass is 35.5. The Bertz CT molecular complexity index is 740. The third kappa shape index (κ3) is 3.73. The van der Waals surface area contributed by atoms with Crippen LogP contribution in [0.25, 0.3) is 0 Å². The maximum atomic E-state index is 12.9. The normalized spacial score (nSPS) is 11.1. The molecule has 0 aliphatic heterocycles. The summed E-state index contributed by atoms with van der Waals surface area (Å²) in [6.45, 7) is 0. The van der Waals surface area contributed by atoms with Gasteiger partial charge in [-0.15, -0.1) is 0 Å². The Morgan fingerprint density at radius 2 is 1.67 bits per heavy atom. The fourth-order valence-corrected chi connectivity index (χ4v) is 2.31. The Labute approximate surface area is 141 Å². The van der Waals surface area contributed by atoms with Crippen LogP contribution in [0.5, 0.6) is 11.5 Å². The largest absolute Gasteiger partial charge is 0.496 e. The second-order valence-corrected chi connectivity index (χ2v) is 5.09. The molecule has 128 valence electrons. The summed E-state index contributed by atoms with van der Waals surface area (Å²) in [5.74, 6) is -0.200. The lowest BCUT2D eigenvalue weighted by atomic mass is 10.1. The number of rotatable bonds is 4. The minimum absolute atomic E-state index is 0.0512. The summed E-state index contributed by atoms with van der Waals surface area (Å²) in [5, 5.41) is 1.94. The molecule has 0 aliphatic carbocycles. The third-order valence-electron chi connectivity index (χ3n) is 3.18. The molecule has 0 saturated heterocycles. The van der Waals surface area contributed by atoms with E-state index in [9.17, 15) is 18.0 Å². The van der Waals surface area contributed by atoms with Crippen molar-refractivity contribution in [3.63, 3.8) is 0 Å². The van der Waals surface area contributed by atoms with E-state index in [2.05, 4.69) is 5.32 Å². The van der Waals surface area contributed by atoms with Crippen molar-refractivity contribution >= 4 is 23.2 Å². The van der Waals surface area contributed by atoms with E-state index in [1.54, 1.807) is 18.2 Å². The van der Waals surface area contributed by atoms with Gasteiger partial charge in [0, 0.05) is 5.69 Å². The number of carbonyl (C=O) groups is 1. The molecule has 0 bridgehead atoms. The fourth-order valence-electron chi connectivity index (χ4n) is 2.09. The highest BCUT2D eigenvalue weighted by Crippen LogP contribution is 2.36. The SMILES string of the molecule is COc1cccc(OC)c1C(=O)Nc1ccc(Cl)c(C(F)(F)F)c1. The smallest absolute Gasteiger partial charge is 0.417 e. The monoisotopic (exact) mass is 359 g/mol. The molecule has 0 saturated carbocycles. The Balaban J connectivity index is 2.38. The van der Waals surface area contributed by atoms with Gasteiger partial charge in [0.25, 0.3) is 5.91 Å². The first-order valence-electron chi connectivity index (χ1n) is 6.67. The van der Waals surface area contributed by atoms with Crippen LogP contribution in [0, 0.1) is 0 Å². The van der Waals surface area contributed by atoms with Crippen LogP contribution < -0.4 is 14.8 Å². The van der Waals surface area contributed by atoms with Gasteiger partial charge in [0.05, 0.1) is 24.8 Å². The molecule has 2 aromatic rings. The molecule has 1 amide bonds. The van der Waals surface area contributed by atoms with E-state index in [0.717, 1.165) is 12.1 Å². The summed E-state index contributed by atoms with van der Waals surface area (Å²) in [5.41, 5.74) is -1.01. The number of anilines is 1. The molecule has 0 unspecified atom stereocenters. The average molecular weight is 360 g/mol. The van der Waals surface area contributed by atoms with Crippen LogP contribution in [0.3, 0.4) is 0 Å². The molecule has 0 radical (unpaired) electrons. The third-order valence-corrected chi connectivity index (χ3v) is 3.51. The van der Waals surface area contributed by atoms with Gasteiger partial charge in [-0.3, -0.25) is 4.79 Å². The van der Waals surface area contributed by atoms with Gasteiger partial charge in [0.1, 0.15) is 17.1 Å². The summed E-state index contributed by atoms with van der Waals surface area (Å²) in [6, 6.07) is 7.82. The predicted molar refractivity (Wildman–Crippen MR) is 84.0 cm³/mol. The van der Waals surface area contributed by atoms with Crippen molar-refractivity contribution < 1.29 is 27.4 Å². The summed E-state index contributed by atoms with van der Waals surface area (Å²) >= 11 is 5.56. The molecule has 4 nitrogen and oxygen atoms in total. The number of benzene rings is 2. The fraction of sp³-hybridized carbons (Fsp3) is 0.188. The highest BCUT2D eigenvalue weighted by molar-refractivity contribution is 6.31. The molecule has 0 aromatic heterocycles. The lowest BCUT2D eigenvalue weighted by Crippen LogP contribution is -2.15. The number of hydrogen-bond acceptors (Lipinski definition) is 3. The summed E-state index contributed by atoms with van der Waals surface area (Å²) in [7, 11) is 2.74. The minimum Gasteiger partial charge on any atom is -0.496 e. The molecule has 0 heterocycles. The molecule has 24 heavy (non-hydrogen) atoms. The minimum atomic E-state index is -4.63. The Morgan fingerprint density at radius 3 is 2.17 bits per heavy atom. The second-order valence-electron chi connectivity index (χ2n) is 4.68. The predicted octanol–water partition coefficient (Wildman–Crippen LogP) is 4.63. The zero-order valence-corrected chi connectivity index (χ0v) is 13.5. The number of ether oxygens (including phenoxy) is 2. The lowest BCUT2D eigenvalue weighted by Gasteiger charge is -2.14. The van der Waals surface area contributed by atoms with E-state index in [-0.39, 0.29) is 22.7 Å². The van der Waals surface area contributed by atoms with Crippen molar-refractivity contribution in [3.8, 4) is 11.5 Å². The van der Waals surface area contributed by atoms with E-state index in [0.29, 0.717) is 0 Å². The number of carbonyl (C=O) groups excluding carboxylic acids is 1. The van der Waals surface area contributed by atoms with Crippen LogP contribution in [0.1, 0.15) is 15.9 Å². The number of hydrogen-bond donors (Lipinski definition) is 1. The number of methoxy groups -OCH3 is 2. The van der Waals surface area contributed by atoms with Gasteiger partial charge in [-0.1, -0.05) is 17.7 Å². The maximum Gasteiger partial charge on any atom is 0.417 e. The van der Waals surface area contributed by atoms with Gasteiger partial charge in [0.2, 0.25) is 0 Å². The van der Waals surface area contributed by atoms with Gasteiger partial charge in [0.15, 0.2) is 0 Å². The Morgan fingerprint density at radius 1 is 1.08 bits per heavy atom. The zero-order chi connectivity index (χ0) is 17.9. The van der Waals surface area contributed by atoms with Crippen LogP contribution >= 0.6 is 11.6 Å². The van der Waals surface area contributed by atoms with Gasteiger partial charge in [-0.25, -0.2) is 0 Å². The van der Waals surface area contributed by atoms with Crippen molar-refractivity contribution in [3.05, 3.63) is 52.5 Å². The molecule has 0 aliphatic rings. The number of halogens is 4. The summed E-state index contributed by atoms with van der Waals surface area (Å²) < 4.78 is 48.9. The van der Waals surface area contributed by atoms with Gasteiger partial charge >= 0.3 is 6.18 Å². The standard InChI is InChI=1S/C16H13ClF3NO3/c1-23-12-4-3-5-13(24-2)14(12)15(22)21-9-6-7-11(17)10(8-9)16(18,19)20/h3-8H,1-2H3,(H,21,22). The first-order valence-corrected chi connectivity index (χ1v) is 7.04. The quantitative estimate of drug-likeness (QED) is 0.866. The molecule has 0 spiro atoms. The molecule has 2 rings (SSSR count). The van der Waals surface area contributed by atoms with E-state index < -0.39 is 22.7 Å². The van der Waals surface area contributed by atoms with E-state index in [4.69, 9.17) is 21.1 Å². The van der Waals surface area contributed by atoms with Crippen LogP contribution in [-0.4, -0.2) is 20.1 Å². The molecule has 0 fully saturated rings. The van der Waals surface area contributed by atoms with Gasteiger partial charge in [-0.2, -0.15) is 13.2 Å². The molecular weight excluding hydrogens is 347 g/mol. The summed E-state index contributed by atoms with van der Waals surface area (Å²) in [6.07, 6.45) is -4.63. The van der Waals surface area contributed by atoms with Crippen molar-refractivity contribution in [2.75, 3.05) is 19.5 Å². The molecular formula is C16H13ClF3NO3. The first kappa shape index (κ1) is 17.9. The van der Waals surface area contributed by atoms with Crippen molar-refractivity contribution in [2.45, 2.75) is 6.18 Å². The topological polar surface area (TPSA) is 47.6 Å². The van der Waals surface area contributed by atoms with Crippen molar-refractivity contribution in [1.29, 1.82) is 0 Å². The van der Waals surface area contributed by atoms with Crippen molar-refractivity contribution in [2.24, 2.45) is 0 Å². The van der Waals surface area contributed by atoms with Crippen LogP contribution in [0.15, 0.2) is 36.4 Å². The zero-order valence-electron chi connectivity index (χ0n) is 12.7. The van der Waals surface area contributed by atoms with Gasteiger partial charge in [-0.05, 0) is 30.3 Å². The Kier molecular flexibility index (Phi) is 5.23. The van der Waals surface area contributed by atoms with Gasteiger partial charge < -0.3 is 14.8 Å². The van der Waals surface area contributed by atoms with Crippen molar-refractivity contribution in [1.82, 2.24) is 0 Å². The maximum absolute atomic E-state index is 12.9. The average Bonchev–Trinajstić information content (AvgIpc) is 2.54. The van der Waals surface area contributed by atoms with Crippen LogP contribution in [0.4, 0.5) is 18.9 Å². The van der Waals surface area contributed by atoms with Crippen LogP contribution in [-0.2, 0) is 6.18 Å². The Hall–Kier alpha value is -2.41.